The Morgan fingerprint density at radius 3 is 2.42 bits per heavy atom. The van der Waals surface area contributed by atoms with Crippen LogP contribution in [0.1, 0.15) is 56.5 Å². The van der Waals surface area contributed by atoms with Crippen molar-refractivity contribution < 1.29 is 14.3 Å². The highest BCUT2D eigenvalue weighted by Gasteiger charge is 2.33. The summed E-state index contributed by atoms with van der Waals surface area (Å²) in [5, 5.41) is 0. The first-order chi connectivity index (χ1) is 14.8. The van der Waals surface area contributed by atoms with Gasteiger partial charge in [0.1, 0.15) is 19.7 Å². The van der Waals surface area contributed by atoms with Crippen LogP contribution in [0.4, 0.5) is 0 Å². The van der Waals surface area contributed by atoms with Gasteiger partial charge in [0.15, 0.2) is 0 Å². The Bertz CT molecular complexity index is 853. The van der Waals surface area contributed by atoms with E-state index in [4.69, 9.17) is 14.5 Å². The number of ether oxygens (including phenoxy) is 2. The van der Waals surface area contributed by atoms with E-state index in [-0.39, 0.29) is 11.8 Å². The summed E-state index contributed by atoms with van der Waals surface area (Å²) >= 11 is 0. The van der Waals surface area contributed by atoms with Gasteiger partial charge >= 0.3 is 5.97 Å². The highest BCUT2D eigenvalue weighted by molar-refractivity contribution is 6.76. The zero-order chi connectivity index (χ0) is 22.9. The van der Waals surface area contributed by atoms with Gasteiger partial charge in [-0.15, -0.1) is 0 Å². The largest absolute Gasteiger partial charge is 0.463 e. The highest BCUT2D eigenvalue weighted by Crippen LogP contribution is 2.31. The SMILES string of the molecule is CCCCc1ncc(C(=CC(=O)OCC)Cc2ccccc2)n1C(OCC)[Si](C)(C)C. The predicted octanol–water partition coefficient (Wildman–Crippen LogP) is 5.83. The molecule has 0 aliphatic heterocycles. The van der Waals surface area contributed by atoms with Crippen molar-refractivity contribution in [3.63, 3.8) is 0 Å². The van der Waals surface area contributed by atoms with Gasteiger partial charge in [0.05, 0.1) is 18.5 Å². The van der Waals surface area contributed by atoms with Crippen molar-refractivity contribution in [1.29, 1.82) is 0 Å². The first-order valence-corrected chi connectivity index (χ1v) is 15.0. The lowest BCUT2D eigenvalue weighted by Crippen LogP contribution is -2.39. The molecular formula is C25H38N2O3Si. The number of carbonyl (C=O) groups excluding carboxylic acids is 1. The number of carbonyl (C=O) groups is 1. The van der Waals surface area contributed by atoms with Gasteiger partial charge in [-0.2, -0.15) is 0 Å². The molecule has 0 bridgehead atoms. The van der Waals surface area contributed by atoms with Crippen LogP contribution in [0.3, 0.4) is 0 Å². The second-order valence-corrected chi connectivity index (χ2v) is 14.0. The average Bonchev–Trinajstić information content (AvgIpc) is 3.13. The van der Waals surface area contributed by atoms with E-state index < -0.39 is 8.07 Å². The standard InChI is InChI=1S/C25H38N2O3Si/c1-7-10-16-23-26-19-22(27(23)25(30-9-3)31(4,5)6)21(18-24(28)29-8-2)17-20-14-12-11-13-15-20/h11-15,18-19,25H,7-10,16-17H2,1-6H3. The summed E-state index contributed by atoms with van der Waals surface area (Å²) in [4.78, 5) is 17.2. The van der Waals surface area contributed by atoms with Crippen LogP contribution in [-0.4, -0.2) is 36.8 Å². The predicted molar refractivity (Wildman–Crippen MR) is 130 cm³/mol. The van der Waals surface area contributed by atoms with Crippen LogP contribution in [0.2, 0.25) is 19.6 Å². The maximum atomic E-state index is 12.4. The highest BCUT2D eigenvalue weighted by atomic mass is 28.3. The Kier molecular flexibility index (Phi) is 9.71. The molecular weight excluding hydrogens is 404 g/mol. The van der Waals surface area contributed by atoms with Crippen LogP contribution in [0, 0.1) is 0 Å². The summed E-state index contributed by atoms with van der Waals surface area (Å²) < 4.78 is 13.8. The molecule has 1 aromatic carbocycles. The molecule has 2 aromatic rings. The number of allylic oxidation sites excluding steroid dienone is 1. The number of aryl methyl sites for hydroxylation is 1. The third-order valence-electron chi connectivity index (χ3n) is 5.07. The second-order valence-electron chi connectivity index (χ2n) is 8.79. The summed E-state index contributed by atoms with van der Waals surface area (Å²) in [6.07, 6.45) is 7.22. The second kappa shape index (κ2) is 12.0. The van der Waals surface area contributed by atoms with Crippen molar-refractivity contribution >= 4 is 19.6 Å². The van der Waals surface area contributed by atoms with Crippen LogP contribution in [0.5, 0.6) is 0 Å². The Hall–Kier alpha value is -2.18. The minimum atomic E-state index is -1.75. The number of rotatable bonds is 12. The first-order valence-electron chi connectivity index (χ1n) is 11.4. The van der Waals surface area contributed by atoms with Crippen molar-refractivity contribution in [2.75, 3.05) is 13.2 Å². The van der Waals surface area contributed by atoms with Gasteiger partial charge < -0.3 is 14.0 Å². The lowest BCUT2D eigenvalue weighted by atomic mass is 10.0. The molecule has 1 atom stereocenters. The number of unbranched alkanes of at least 4 members (excludes halogenated alkanes) is 1. The summed E-state index contributed by atoms with van der Waals surface area (Å²) in [7, 11) is -1.75. The van der Waals surface area contributed by atoms with E-state index in [1.165, 1.54) is 0 Å². The number of nitrogens with zero attached hydrogens (tertiary/aromatic N) is 2. The molecule has 1 heterocycles. The minimum absolute atomic E-state index is 0.0526. The van der Waals surface area contributed by atoms with Crippen molar-refractivity contribution in [3.05, 3.63) is 59.7 Å². The van der Waals surface area contributed by atoms with E-state index in [1.54, 1.807) is 6.08 Å². The Balaban J connectivity index is 2.62. The molecule has 0 spiro atoms. The van der Waals surface area contributed by atoms with Crippen molar-refractivity contribution in [2.24, 2.45) is 0 Å². The molecule has 0 amide bonds. The number of hydrogen-bond acceptors (Lipinski definition) is 4. The third-order valence-corrected chi connectivity index (χ3v) is 6.98. The van der Waals surface area contributed by atoms with E-state index in [2.05, 4.69) is 43.3 Å². The minimum Gasteiger partial charge on any atom is -0.463 e. The molecule has 0 aliphatic carbocycles. The summed E-state index contributed by atoms with van der Waals surface area (Å²) in [6, 6.07) is 10.2. The Morgan fingerprint density at radius 1 is 1.13 bits per heavy atom. The Labute approximate surface area is 188 Å². The number of imidazole rings is 1. The maximum Gasteiger partial charge on any atom is 0.331 e. The van der Waals surface area contributed by atoms with Crippen LogP contribution in [0.15, 0.2) is 42.6 Å². The molecule has 0 aliphatic rings. The number of hydrogen-bond donors (Lipinski definition) is 0. The lowest BCUT2D eigenvalue weighted by molar-refractivity contribution is -0.137. The van der Waals surface area contributed by atoms with Crippen molar-refractivity contribution in [3.8, 4) is 0 Å². The van der Waals surface area contributed by atoms with Gasteiger partial charge in [0, 0.05) is 19.1 Å². The smallest absolute Gasteiger partial charge is 0.331 e. The first kappa shape index (κ1) is 25.1. The molecule has 170 valence electrons. The molecule has 6 heteroatoms. The molecule has 0 fully saturated rings. The fraction of sp³-hybridized carbons (Fsp3) is 0.520. The molecule has 1 aromatic heterocycles. The summed E-state index contributed by atoms with van der Waals surface area (Å²) in [5.41, 5.74) is 2.99. The fourth-order valence-corrected chi connectivity index (χ4v) is 5.37. The maximum absolute atomic E-state index is 12.4. The quantitative estimate of drug-likeness (QED) is 0.236. The van der Waals surface area contributed by atoms with Crippen molar-refractivity contribution in [1.82, 2.24) is 9.55 Å². The molecule has 0 saturated carbocycles. The number of aromatic nitrogens is 2. The third kappa shape index (κ3) is 7.18. The summed E-state index contributed by atoms with van der Waals surface area (Å²) in [5.74, 6) is 0.654. The van der Waals surface area contributed by atoms with Gasteiger partial charge in [-0.25, -0.2) is 9.78 Å². The van der Waals surface area contributed by atoms with Gasteiger partial charge in [0.2, 0.25) is 0 Å². The molecule has 0 saturated heterocycles. The van der Waals surface area contributed by atoms with E-state index in [0.29, 0.717) is 19.6 Å². The van der Waals surface area contributed by atoms with Gasteiger partial charge in [-0.1, -0.05) is 63.3 Å². The van der Waals surface area contributed by atoms with E-state index in [1.807, 2.05) is 38.2 Å². The molecule has 2 rings (SSSR count). The van der Waals surface area contributed by atoms with Crippen molar-refractivity contribution in [2.45, 2.75) is 71.9 Å². The molecule has 31 heavy (non-hydrogen) atoms. The van der Waals surface area contributed by atoms with Gasteiger partial charge in [-0.3, -0.25) is 0 Å². The zero-order valence-corrected chi connectivity index (χ0v) is 21.0. The molecule has 0 N–H and O–H groups in total. The van der Waals surface area contributed by atoms with E-state index >= 15 is 0 Å². The van der Waals surface area contributed by atoms with E-state index in [0.717, 1.165) is 41.9 Å². The molecule has 0 radical (unpaired) electrons. The molecule has 1 unspecified atom stereocenters. The van der Waals surface area contributed by atoms with Crippen LogP contribution >= 0.6 is 0 Å². The van der Waals surface area contributed by atoms with Crippen LogP contribution < -0.4 is 0 Å². The van der Waals surface area contributed by atoms with Gasteiger partial charge in [0.25, 0.3) is 0 Å². The lowest BCUT2D eigenvalue weighted by Gasteiger charge is -2.33. The summed E-state index contributed by atoms with van der Waals surface area (Å²) in [6.45, 7) is 14.0. The topological polar surface area (TPSA) is 53.3 Å². The Morgan fingerprint density at radius 2 is 1.84 bits per heavy atom. The zero-order valence-electron chi connectivity index (χ0n) is 20.0. The van der Waals surface area contributed by atoms with E-state index in [9.17, 15) is 4.79 Å². The average molecular weight is 443 g/mol. The molecule has 5 nitrogen and oxygen atoms in total. The monoisotopic (exact) mass is 442 g/mol. The van der Waals surface area contributed by atoms with Gasteiger partial charge in [-0.05, 0) is 37.8 Å². The fourth-order valence-electron chi connectivity index (χ4n) is 3.65. The van der Waals surface area contributed by atoms with Crippen LogP contribution in [0.25, 0.3) is 5.57 Å². The number of esters is 1. The normalized spacial score (nSPS) is 13.3. The van der Waals surface area contributed by atoms with Crippen LogP contribution in [-0.2, 0) is 27.1 Å². The number of benzene rings is 1.